The van der Waals surface area contributed by atoms with Crippen LogP contribution in [0.1, 0.15) is 56.7 Å². The van der Waals surface area contributed by atoms with Crippen LogP contribution in [0.4, 0.5) is 0 Å². The monoisotopic (exact) mass is 1140 g/mol. The van der Waals surface area contributed by atoms with E-state index in [1.54, 1.807) is 85.2 Å². The van der Waals surface area contributed by atoms with Gasteiger partial charge in [0.25, 0.3) is 0 Å². The molecule has 0 spiro atoms. The Morgan fingerprint density at radius 1 is 0.575 bits per heavy atom. The molecule has 0 saturated carbocycles. The van der Waals surface area contributed by atoms with Crippen molar-refractivity contribution in [2.24, 2.45) is 11.5 Å². The summed E-state index contributed by atoms with van der Waals surface area (Å²) in [6.07, 6.45) is 1.15. The van der Waals surface area contributed by atoms with Gasteiger partial charge in [-0.15, -0.1) is 0 Å². The molecule has 0 radical (unpaired) electrons. The number of rotatable bonds is 31. The van der Waals surface area contributed by atoms with Crippen molar-refractivity contribution >= 4 is 107 Å². The molecule has 3 aromatic carbocycles. The average Bonchev–Trinajstić information content (AvgIpc) is 4.03. The summed E-state index contributed by atoms with van der Waals surface area (Å²) in [5.74, 6) is -8.45. The van der Waals surface area contributed by atoms with Crippen LogP contribution >= 0.6 is 25.3 Å². The minimum atomic E-state index is -1.72. The van der Waals surface area contributed by atoms with Gasteiger partial charge in [-0.25, -0.2) is 0 Å². The summed E-state index contributed by atoms with van der Waals surface area (Å²) >= 11 is 8.48. The van der Waals surface area contributed by atoms with E-state index in [2.05, 4.69) is 72.8 Å². The lowest BCUT2D eigenvalue weighted by Crippen LogP contribution is -2.62. The number of primary amides is 1. The lowest BCUT2D eigenvalue weighted by molar-refractivity contribution is -0.137. The average molecular weight is 1140 g/mol. The Kier molecular flexibility index (Phi) is 24.1. The minimum Gasteiger partial charge on any atom is -0.391 e. The molecule has 0 unspecified atom stereocenters. The number of para-hydroxylation sites is 2. The number of fused-ring (bicyclic) bond motifs is 2. The number of benzene rings is 3. The van der Waals surface area contributed by atoms with Gasteiger partial charge in [0.05, 0.1) is 17.7 Å². The molecule has 24 nitrogen and oxygen atoms in total. The number of thiol groups is 2. The van der Waals surface area contributed by atoms with Crippen LogP contribution in [-0.4, -0.2) is 158 Å². The first kappa shape index (κ1) is 63.1. The fourth-order valence-electron chi connectivity index (χ4n) is 8.83. The molecule has 9 amide bonds. The Labute approximate surface area is 472 Å². The predicted octanol–water partition coefficient (Wildman–Crippen LogP) is -1.68. The summed E-state index contributed by atoms with van der Waals surface area (Å²) in [7, 11) is 0. The molecule has 5 rings (SSSR count). The van der Waals surface area contributed by atoms with Crippen molar-refractivity contribution in [3.8, 4) is 0 Å². The van der Waals surface area contributed by atoms with Gasteiger partial charge < -0.3 is 69.2 Å². The second-order valence-corrected chi connectivity index (χ2v) is 19.9. The molecule has 10 atom stereocenters. The van der Waals surface area contributed by atoms with E-state index in [9.17, 15) is 58.2 Å². The van der Waals surface area contributed by atoms with E-state index in [4.69, 9.17) is 11.5 Å². The highest BCUT2D eigenvalue weighted by molar-refractivity contribution is 7.80. The number of carbonyl (C=O) groups is 10. The summed E-state index contributed by atoms with van der Waals surface area (Å²) in [4.78, 5) is 138. The molecular weight excluding hydrogens is 1070 g/mol. The molecule has 2 aromatic heterocycles. The largest absolute Gasteiger partial charge is 0.391 e. The van der Waals surface area contributed by atoms with Crippen molar-refractivity contribution < 1.29 is 58.2 Å². The molecular formula is C54H70N12O12S2. The van der Waals surface area contributed by atoms with Crippen LogP contribution in [-0.2, 0) is 67.2 Å². The number of nitrogens with one attached hydrogen (secondary N) is 9. The molecule has 5 aromatic rings. The highest BCUT2D eigenvalue weighted by Gasteiger charge is 2.36. The maximum atomic E-state index is 14.8. The zero-order valence-corrected chi connectivity index (χ0v) is 46.1. The molecule has 2 heterocycles. The van der Waals surface area contributed by atoms with Crippen LogP contribution in [0, 0.1) is 0 Å². The second kappa shape index (κ2) is 30.5. The minimum absolute atomic E-state index is 0.0411. The van der Waals surface area contributed by atoms with Crippen molar-refractivity contribution in [2.75, 3.05) is 18.1 Å². The summed E-state index contributed by atoms with van der Waals surface area (Å²) in [6.45, 7) is 3.86. The number of amides is 9. The van der Waals surface area contributed by atoms with E-state index in [1.807, 2.05) is 6.07 Å². The zero-order valence-electron chi connectivity index (χ0n) is 44.3. The van der Waals surface area contributed by atoms with E-state index in [0.29, 0.717) is 51.3 Å². The van der Waals surface area contributed by atoms with Gasteiger partial charge in [-0.2, -0.15) is 25.3 Å². The Morgan fingerprint density at radius 2 is 1.05 bits per heavy atom. The lowest BCUT2D eigenvalue weighted by Gasteiger charge is -2.28. The molecule has 0 aliphatic heterocycles. The number of hydrogen-bond acceptors (Lipinski definition) is 15. The first-order valence-electron chi connectivity index (χ1n) is 25.8. The fraction of sp³-hybridized carbons (Fsp3) is 0.407. The van der Waals surface area contributed by atoms with Crippen LogP contribution in [0.3, 0.4) is 0 Å². The van der Waals surface area contributed by atoms with Gasteiger partial charge in [0.2, 0.25) is 59.6 Å². The quantitative estimate of drug-likeness (QED) is 0.0134. The molecule has 80 heavy (non-hydrogen) atoms. The lowest BCUT2D eigenvalue weighted by atomic mass is 10.0. The smallest absolute Gasteiger partial charge is 0.245 e. The topological polar surface area (TPSA) is 380 Å². The summed E-state index contributed by atoms with van der Waals surface area (Å²) < 4.78 is 1.35. The van der Waals surface area contributed by atoms with E-state index >= 15 is 0 Å². The molecule has 15 N–H and O–H groups in total. The highest BCUT2D eigenvalue weighted by atomic mass is 32.1. The van der Waals surface area contributed by atoms with Crippen LogP contribution in [0.25, 0.3) is 21.8 Å². The van der Waals surface area contributed by atoms with Crippen LogP contribution in [0.2, 0.25) is 0 Å². The molecule has 0 aliphatic rings. The number of H-pyrrole nitrogens is 1. The molecule has 0 saturated heterocycles. The van der Waals surface area contributed by atoms with Crippen molar-refractivity contribution in [1.29, 1.82) is 0 Å². The van der Waals surface area contributed by atoms with Crippen molar-refractivity contribution in [3.05, 3.63) is 108 Å². The van der Waals surface area contributed by atoms with E-state index < -0.39 is 114 Å². The third-order valence-corrected chi connectivity index (χ3v) is 13.8. The third-order valence-electron chi connectivity index (χ3n) is 13.1. The first-order valence-corrected chi connectivity index (χ1v) is 27.1. The predicted molar refractivity (Wildman–Crippen MR) is 304 cm³/mol. The van der Waals surface area contributed by atoms with Crippen LogP contribution < -0.4 is 54.0 Å². The Balaban J connectivity index is 1.41. The van der Waals surface area contributed by atoms with Gasteiger partial charge in [-0.05, 0) is 68.5 Å². The summed E-state index contributed by atoms with van der Waals surface area (Å²) in [6, 6.07) is 11.3. The molecule has 0 bridgehead atoms. The highest BCUT2D eigenvalue weighted by Crippen LogP contribution is 2.23. The van der Waals surface area contributed by atoms with Gasteiger partial charge in [0.1, 0.15) is 48.3 Å². The first-order chi connectivity index (χ1) is 38.2. The third kappa shape index (κ3) is 17.6. The number of aromatic nitrogens is 2. The number of hydrogen-bond donors (Lipinski definition) is 15. The van der Waals surface area contributed by atoms with E-state index in [0.717, 1.165) is 0 Å². The van der Waals surface area contributed by atoms with E-state index in [-0.39, 0.29) is 50.2 Å². The number of aliphatic hydroxyl groups excluding tert-OH is 2. The Morgan fingerprint density at radius 3 is 1.62 bits per heavy atom. The SMILES string of the molecule is CC(=O)N[C@@H](Cc1cn(C=O)c2ccccc12)C(=O)N[C@@H](CS)C(=O)N[C@@H](Cc1ccccc1)C(=O)N[C@H](Cc1c[nH]c2ccccc12)C(=O)N[C@@H](CCCCN)C(=O)N[C@H](C(=O)N[C@@H](CS)C(=O)N[C@H](C(N)=O)[C@@H](C)O)[C@@H](C)O. The van der Waals surface area contributed by atoms with Gasteiger partial charge >= 0.3 is 0 Å². The molecule has 0 fully saturated rings. The number of nitrogens with two attached hydrogens (primary N) is 2. The van der Waals surface area contributed by atoms with Crippen molar-refractivity contribution in [1.82, 2.24) is 52.1 Å². The zero-order chi connectivity index (χ0) is 58.6. The molecule has 26 heteroatoms. The number of nitrogens with zero attached hydrogens (tertiary/aromatic N) is 1. The second-order valence-electron chi connectivity index (χ2n) is 19.2. The van der Waals surface area contributed by atoms with Gasteiger partial charge in [-0.3, -0.25) is 52.5 Å². The van der Waals surface area contributed by atoms with Crippen molar-refractivity contribution in [3.63, 3.8) is 0 Å². The number of aromatic amines is 1. The Bertz CT molecular complexity index is 2990. The van der Waals surface area contributed by atoms with Gasteiger partial charge in [0, 0.05) is 66.4 Å². The van der Waals surface area contributed by atoms with Crippen LogP contribution in [0.5, 0.6) is 0 Å². The Hall–Kier alpha value is -7.78. The maximum Gasteiger partial charge on any atom is 0.245 e. The standard InChI is InChI=1S/C54H70N12O12S2/c1-29(68)45(47(56)71)64-53(77)43(27-80)63-54(78)46(30(2)69)65-48(72)38(18-11-12-20-55)59-51(75)41(22-33-24-57-37-17-9-7-15-35(33)37)61-49(73)39(21-32-13-5-4-6-14-32)60-52(76)42(26-79)62-50(74)40(58-31(3)70)23-34-25-66(28-67)44-19-10-8-16-36(34)44/h4-10,13-17,19,24-25,28-30,38-43,45-46,57,68-69,79-80H,11-12,18,20-23,26-27,55H2,1-3H3,(H2,56,71)(H,58,70)(H,59,75)(H,60,76)(H,61,73)(H,62,74)(H,63,78)(H,64,77)(H,65,72)/t29-,30-,38+,39+,40+,41-,42+,43+,45+,46+/m1/s1. The summed E-state index contributed by atoms with van der Waals surface area (Å²) in [5, 5.41) is 42.6. The normalized spacial score (nSPS) is 15.0. The van der Waals surface area contributed by atoms with Crippen molar-refractivity contribution in [2.45, 2.75) is 120 Å². The van der Waals surface area contributed by atoms with Gasteiger partial charge in [0.15, 0.2) is 0 Å². The summed E-state index contributed by atoms with van der Waals surface area (Å²) in [5.41, 5.74) is 14.1. The number of carbonyl (C=O) groups excluding carboxylic acids is 10. The van der Waals surface area contributed by atoms with Gasteiger partial charge in [-0.1, -0.05) is 66.7 Å². The molecule has 0 aliphatic carbocycles. The number of unbranched alkanes of at least 4 members (excludes halogenated alkanes) is 1. The number of aliphatic hydroxyl groups is 2. The molecule has 430 valence electrons. The fourth-order valence-corrected chi connectivity index (χ4v) is 9.35. The maximum absolute atomic E-state index is 14.8. The van der Waals surface area contributed by atoms with Crippen LogP contribution in [0.15, 0.2) is 91.3 Å². The van der Waals surface area contributed by atoms with E-state index in [1.165, 1.54) is 25.3 Å².